The number of anilines is 2. The molecule has 0 radical (unpaired) electrons. The van der Waals surface area contributed by atoms with Crippen LogP contribution in [-0.4, -0.2) is 18.0 Å². The molecule has 0 saturated heterocycles. The summed E-state index contributed by atoms with van der Waals surface area (Å²) in [6.45, 7) is 0. The molecule has 0 aromatic heterocycles. The number of rotatable bonds is 6. The Balaban J connectivity index is 1.29. The molecule has 146 valence electrons. The lowest BCUT2D eigenvalue weighted by Crippen LogP contribution is -2.30. The van der Waals surface area contributed by atoms with Crippen molar-refractivity contribution in [1.82, 2.24) is 5.32 Å². The van der Waals surface area contributed by atoms with E-state index >= 15 is 0 Å². The molecular weight excluding hydrogens is 362 g/mol. The Morgan fingerprint density at radius 3 is 1.93 bits per heavy atom. The van der Waals surface area contributed by atoms with Gasteiger partial charge in [-0.2, -0.15) is 0 Å². The van der Waals surface area contributed by atoms with Crippen LogP contribution in [0.25, 0.3) is 11.1 Å². The van der Waals surface area contributed by atoms with Gasteiger partial charge in [0.15, 0.2) is 0 Å². The van der Waals surface area contributed by atoms with E-state index in [0.29, 0.717) is 23.8 Å². The van der Waals surface area contributed by atoms with Gasteiger partial charge in [-0.3, -0.25) is 4.79 Å². The van der Waals surface area contributed by atoms with Gasteiger partial charge in [0.2, 0.25) is 5.91 Å². The molecule has 1 aliphatic rings. The average Bonchev–Trinajstić information content (AvgIpc) is 3.54. The molecule has 0 atom stereocenters. The van der Waals surface area contributed by atoms with E-state index in [1.54, 1.807) is 24.3 Å². The minimum Gasteiger partial charge on any atom is -0.335 e. The largest absolute Gasteiger partial charge is 0.335 e. The molecule has 3 amide bonds. The molecular formula is C24H23N3O2. The molecule has 0 bridgehead atoms. The summed E-state index contributed by atoms with van der Waals surface area (Å²) < 4.78 is 0. The maximum Gasteiger partial charge on any atom is 0.319 e. The summed E-state index contributed by atoms with van der Waals surface area (Å²) in [4.78, 5) is 24.1. The Morgan fingerprint density at radius 2 is 1.31 bits per heavy atom. The second-order valence-corrected chi connectivity index (χ2v) is 7.24. The van der Waals surface area contributed by atoms with E-state index in [9.17, 15) is 9.59 Å². The van der Waals surface area contributed by atoms with Crippen molar-refractivity contribution in [2.45, 2.75) is 25.3 Å². The van der Waals surface area contributed by atoms with Crippen LogP contribution in [0.15, 0.2) is 78.9 Å². The van der Waals surface area contributed by atoms with Crippen LogP contribution in [0.1, 0.15) is 18.4 Å². The predicted molar refractivity (Wildman–Crippen MR) is 116 cm³/mol. The molecule has 1 fully saturated rings. The van der Waals surface area contributed by atoms with Crippen molar-refractivity contribution in [3.8, 4) is 11.1 Å². The van der Waals surface area contributed by atoms with Crippen LogP contribution in [0.2, 0.25) is 0 Å². The van der Waals surface area contributed by atoms with E-state index < -0.39 is 0 Å². The zero-order valence-electron chi connectivity index (χ0n) is 16.0. The summed E-state index contributed by atoms with van der Waals surface area (Å²) in [7, 11) is 0. The molecule has 5 nitrogen and oxygen atoms in total. The van der Waals surface area contributed by atoms with Crippen molar-refractivity contribution in [3.63, 3.8) is 0 Å². The van der Waals surface area contributed by atoms with Crippen LogP contribution in [-0.2, 0) is 11.2 Å². The van der Waals surface area contributed by atoms with E-state index in [-0.39, 0.29) is 11.9 Å². The van der Waals surface area contributed by atoms with Crippen molar-refractivity contribution in [1.29, 1.82) is 0 Å². The van der Waals surface area contributed by atoms with E-state index in [0.717, 1.165) is 29.5 Å². The number of benzene rings is 3. The highest BCUT2D eigenvalue weighted by atomic mass is 16.2. The third-order valence-corrected chi connectivity index (χ3v) is 4.76. The smallest absolute Gasteiger partial charge is 0.319 e. The van der Waals surface area contributed by atoms with E-state index in [4.69, 9.17) is 0 Å². The Labute approximate surface area is 170 Å². The second-order valence-electron chi connectivity index (χ2n) is 7.24. The SMILES string of the molecule is O=C(Cc1ccc(-c2ccccc2)cc1)Nc1ccc(NC(=O)NC2CC2)cc1. The Hall–Kier alpha value is -3.60. The lowest BCUT2D eigenvalue weighted by Gasteiger charge is -2.09. The molecule has 3 N–H and O–H groups in total. The van der Waals surface area contributed by atoms with Gasteiger partial charge < -0.3 is 16.0 Å². The lowest BCUT2D eigenvalue weighted by molar-refractivity contribution is -0.115. The fourth-order valence-corrected chi connectivity index (χ4v) is 3.05. The van der Waals surface area contributed by atoms with Gasteiger partial charge in [0.1, 0.15) is 0 Å². The highest BCUT2D eigenvalue weighted by Gasteiger charge is 2.23. The first-order chi connectivity index (χ1) is 14.2. The van der Waals surface area contributed by atoms with Crippen LogP contribution >= 0.6 is 0 Å². The molecule has 29 heavy (non-hydrogen) atoms. The quantitative estimate of drug-likeness (QED) is 0.569. The van der Waals surface area contributed by atoms with Crippen LogP contribution in [0.4, 0.5) is 16.2 Å². The van der Waals surface area contributed by atoms with Crippen molar-refractivity contribution >= 4 is 23.3 Å². The van der Waals surface area contributed by atoms with Crippen molar-refractivity contribution < 1.29 is 9.59 Å². The summed E-state index contributed by atoms with van der Waals surface area (Å²) in [6, 6.07) is 25.4. The highest BCUT2D eigenvalue weighted by molar-refractivity contribution is 5.93. The fourth-order valence-electron chi connectivity index (χ4n) is 3.05. The maximum absolute atomic E-state index is 12.3. The van der Waals surface area contributed by atoms with Gasteiger partial charge in [0, 0.05) is 17.4 Å². The molecule has 0 spiro atoms. The van der Waals surface area contributed by atoms with Gasteiger partial charge >= 0.3 is 6.03 Å². The van der Waals surface area contributed by atoms with Crippen molar-refractivity contribution in [2.75, 3.05) is 10.6 Å². The standard InChI is InChI=1S/C24H23N3O2/c28-23(16-17-6-8-19(9-7-17)18-4-2-1-3-5-18)25-20-10-12-21(13-11-20)26-24(29)27-22-14-15-22/h1-13,22H,14-16H2,(H,25,28)(H2,26,27,29). The third kappa shape index (κ3) is 5.45. The first-order valence-corrected chi connectivity index (χ1v) is 9.77. The van der Waals surface area contributed by atoms with Gasteiger partial charge in [0.05, 0.1) is 6.42 Å². The first-order valence-electron chi connectivity index (χ1n) is 9.77. The molecule has 1 aliphatic carbocycles. The minimum absolute atomic E-state index is 0.0790. The van der Waals surface area contributed by atoms with Gasteiger partial charge in [-0.15, -0.1) is 0 Å². The number of urea groups is 1. The summed E-state index contributed by atoms with van der Waals surface area (Å²) in [5.41, 5.74) is 4.63. The molecule has 3 aromatic rings. The molecule has 5 heteroatoms. The Morgan fingerprint density at radius 1 is 0.724 bits per heavy atom. The number of hydrogen-bond acceptors (Lipinski definition) is 2. The van der Waals surface area contributed by atoms with E-state index in [1.165, 1.54) is 0 Å². The normalized spacial score (nSPS) is 12.8. The molecule has 0 unspecified atom stereocenters. The summed E-state index contributed by atoms with van der Waals surface area (Å²) in [5, 5.41) is 8.55. The first kappa shape index (κ1) is 18.7. The monoisotopic (exact) mass is 385 g/mol. The molecule has 4 rings (SSSR count). The summed E-state index contributed by atoms with van der Waals surface area (Å²) in [6.07, 6.45) is 2.40. The highest BCUT2D eigenvalue weighted by Crippen LogP contribution is 2.21. The number of hydrogen-bond donors (Lipinski definition) is 3. The van der Waals surface area contributed by atoms with Crippen LogP contribution in [0, 0.1) is 0 Å². The fraction of sp³-hybridized carbons (Fsp3) is 0.167. The van der Waals surface area contributed by atoms with Gasteiger partial charge in [-0.25, -0.2) is 4.79 Å². The molecule has 3 aromatic carbocycles. The number of nitrogens with one attached hydrogen (secondary N) is 3. The topological polar surface area (TPSA) is 70.2 Å². The summed E-state index contributed by atoms with van der Waals surface area (Å²) in [5.74, 6) is -0.0790. The molecule has 0 aliphatic heterocycles. The number of amides is 3. The van der Waals surface area contributed by atoms with E-state index in [2.05, 4.69) is 28.1 Å². The van der Waals surface area contributed by atoms with Crippen LogP contribution in [0.3, 0.4) is 0 Å². The molecule has 0 heterocycles. The molecule has 1 saturated carbocycles. The van der Waals surface area contributed by atoms with Crippen LogP contribution < -0.4 is 16.0 Å². The third-order valence-electron chi connectivity index (χ3n) is 4.76. The Kier molecular flexibility index (Phi) is 5.56. The maximum atomic E-state index is 12.3. The number of carbonyl (C=O) groups excluding carboxylic acids is 2. The minimum atomic E-state index is -0.191. The second kappa shape index (κ2) is 8.61. The van der Waals surface area contributed by atoms with Crippen LogP contribution in [0.5, 0.6) is 0 Å². The van der Waals surface area contributed by atoms with E-state index in [1.807, 2.05) is 42.5 Å². The average molecular weight is 385 g/mol. The van der Waals surface area contributed by atoms with Crippen molar-refractivity contribution in [3.05, 3.63) is 84.4 Å². The lowest BCUT2D eigenvalue weighted by atomic mass is 10.0. The predicted octanol–water partition coefficient (Wildman–Crippen LogP) is 4.82. The van der Waals surface area contributed by atoms with Gasteiger partial charge in [-0.1, -0.05) is 54.6 Å². The van der Waals surface area contributed by atoms with Crippen molar-refractivity contribution in [2.24, 2.45) is 0 Å². The Bertz CT molecular complexity index is 979. The zero-order chi connectivity index (χ0) is 20.1. The zero-order valence-corrected chi connectivity index (χ0v) is 16.0. The van der Waals surface area contributed by atoms with Gasteiger partial charge in [0.25, 0.3) is 0 Å². The summed E-state index contributed by atoms with van der Waals surface area (Å²) >= 11 is 0. The van der Waals surface area contributed by atoms with Gasteiger partial charge in [-0.05, 0) is 53.8 Å². The number of carbonyl (C=O) groups is 2.